The van der Waals surface area contributed by atoms with Crippen molar-refractivity contribution in [3.63, 3.8) is 0 Å². The van der Waals surface area contributed by atoms with E-state index < -0.39 is 0 Å². The van der Waals surface area contributed by atoms with Gasteiger partial charge in [-0.05, 0) is 34.3 Å². The van der Waals surface area contributed by atoms with Gasteiger partial charge >= 0.3 is 0 Å². The van der Waals surface area contributed by atoms with Gasteiger partial charge in [-0.3, -0.25) is 0 Å². The van der Waals surface area contributed by atoms with Gasteiger partial charge in [0.2, 0.25) is 0 Å². The highest BCUT2D eigenvalue weighted by Crippen LogP contribution is 2.33. The number of rotatable bonds is 3. The molecule has 0 aliphatic heterocycles. The Morgan fingerprint density at radius 2 is 2.45 bits per heavy atom. The maximum Gasteiger partial charge on any atom is 0.0701 e. The van der Waals surface area contributed by atoms with Gasteiger partial charge in [0.25, 0.3) is 0 Å². The molecular weight excluding hydrogens is 242 g/mol. The fourth-order valence-electron chi connectivity index (χ4n) is 0.830. The van der Waals surface area contributed by atoms with Crippen LogP contribution in [-0.2, 0) is 0 Å². The zero-order chi connectivity index (χ0) is 8.27. The van der Waals surface area contributed by atoms with Gasteiger partial charge in [0.15, 0.2) is 0 Å². The fraction of sp³-hybridized carbons (Fsp3) is 0.429. The fourth-order valence-corrected chi connectivity index (χ4v) is 3.18. The molecular formula is C7H10BrNS2. The minimum atomic E-state index is 0.464. The Kier molecular flexibility index (Phi) is 3.92. The van der Waals surface area contributed by atoms with Gasteiger partial charge in [-0.2, -0.15) is 11.8 Å². The Morgan fingerprint density at radius 3 is 2.82 bits per heavy atom. The second kappa shape index (κ2) is 4.50. The Morgan fingerprint density at radius 1 is 1.73 bits per heavy atom. The summed E-state index contributed by atoms with van der Waals surface area (Å²) in [5, 5.41) is 0.464. The zero-order valence-electron chi connectivity index (χ0n) is 6.21. The highest BCUT2D eigenvalue weighted by Gasteiger charge is 2.09. The molecule has 0 spiro atoms. The molecule has 2 N–H and O–H groups in total. The smallest absolute Gasteiger partial charge is 0.0701 e. The lowest BCUT2D eigenvalue weighted by Crippen LogP contribution is -2.07. The molecule has 62 valence electrons. The number of halogens is 1. The van der Waals surface area contributed by atoms with Gasteiger partial charge in [-0.1, -0.05) is 0 Å². The quantitative estimate of drug-likeness (QED) is 0.895. The standard InChI is InChI=1S/C7H10BrNS2/c1-10-6(4-9)5-2-3-7(8)11-5/h2-3,6H,4,9H2,1H3. The van der Waals surface area contributed by atoms with Crippen LogP contribution < -0.4 is 5.73 Å². The summed E-state index contributed by atoms with van der Waals surface area (Å²) in [6, 6.07) is 4.20. The summed E-state index contributed by atoms with van der Waals surface area (Å²) >= 11 is 6.99. The lowest BCUT2D eigenvalue weighted by atomic mass is 10.3. The third-order valence-electron chi connectivity index (χ3n) is 1.41. The minimum Gasteiger partial charge on any atom is -0.329 e. The normalized spacial score (nSPS) is 13.4. The molecule has 0 fully saturated rings. The lowest BCUT2D eigenvalue weighted by molar-refractivity contribution is 0.964. The first-order valence-corrected chi connectivity index (χ1v) is 6.15. The summed E-state index contributed by atoms with van der Waals surface area (Å²) in [4.78, 5) is 1.35. The van der Waals surface area contributed by atoms with Crippen LogP contribution >= 0.6 is 39.0 Å². The first-order chi connectivity index (χ1) is 5.27. The van der Waals surface area contributed by atoms with E-state index in [9.17, 15) is 0 Å². The van der Waals surface area contributed by atoms with Crippen molar-refractivity contribution in [1.82, 2.24) is 0 Å². The summed E-state index contributed by atoms with van der Waals surface area (Å²) in [6.07, 6.45) is 2.09. The van der Waals surface area contributed by atoms with Crippen LogP contribution in [0.3, 0.4) is 0 Å². The van der Waals surface area contributed by atoms with Crippen LogP contribution in [0.25, 0.3) is 0 Å². The van der Waals surface area contributed by atoms with E-state index in [0.29, 0.717) is 11.8 Å². The summed E-state index contributed by atoms with van der Waals surface area (Å²) in [6.45, 7) is 0.716. The first-order valence-electron chi connectivity index (χ1n) is 3.26. The Hall–Kier alpha value is 0.490. The van der Waals surface area contributed by atoms with Gasteiger partial charge in [0, 0.05) is 11.4 Å². The molecule has 0 saturated heterocycles. The van der Waals surface area contributed by atoms with Gasteiger partial charge in [-0.15, -0.1) is 11.3 Å². The molecule has 0 bridgehead atoms. The highest BCUT2D eigenvalue weighted by molar-refractivity contribution is 9.11. The third-order valence-corrected chi connectivity index (χ3v) is 4.31. The molecule has 1 aromatic rings. The monoisotopic (exact) mass is 251 g/mol. The molecule has 0 aromatic carbocycles. The Bertz CT molecular complexity index is 220. The van der Waals surface area contributed by atoms with E-state index in [1.54, 1.807) is 23.1 Å². The number of hydrogen-bond acceptors (Lipinski definition) is 3. The van der Waals surface area contributed by atoms with Crippen LogP contribution in [0.1, 0.15) is 10.1 Å². The van der Waals surface area contributed by atoms with E-state index in [2.05, 4.69) is 34.3 Å². The van der Waals surface area contributed by atoms with Crippen LogP contribution in [0, 0.1) is 0 Å². The summed E-state index contributed by atoms with van der Waals surface area (Å²) in [5.41, 5.74) is 5.60. The number of thioether (sulfide) groups is 1. The second-order valence-corrected chi connectivity index (χ2v) is 5.64. The van der Waals surface area contributed by atoms with E-state index in [1.807, 2.05) is 0 Å². The van der Waals surface area contributed by atoms with Crippen molar-refractivity contribution in [3.05, 3.63) is 20.8 Å². The largest absolute Gasteiger partial charge is 0.329 e. The maximum atomic E-state index is 5.60. The van der Waals surface area contributed by atoms with E-state index in [4.69, 9.17) is 5.73 Å². The Balaban J connectivity index is 2.73. The van der Waals surface area contributed by atoms with Crippen molar-refractivity contribution in [2.24, 2.45) is 5.73 Å². The molecule has 1 aromatic heterocycles. The molecule has 0 aliphatic carbocycles. The van der Waals surface area contributed by atoms with Crippen molar-refractivity contribution in [2.45, 2.75) is 5.25 Å². The molecule has 4 heteroatoms. The molecule has 1 heterocycles. The molecule has 1 nitrogen and oxygen atoms in total. The predicted molar refractivity (Wildman–Crippen MR) is 57.3 cm³/mol. The van der Waals surface area contributed by atoms with Gasteiger partial charge < -0.3 is 5.73 Å². The summed E-state index contributed by atoms with van der Waals surface area (Å²) < 4.78 is 1.18. The van der Waals surface area contributed by atoms with E-state index >= 15 is 0 Å². The molecule has 0 radical (unpaired) electrons. The van der Waals surface area contributed by atoms with Gasteiger partial charge in [0.1, 0.15) is 0 Å². The van der Waals surface area contributed by atoms with Crippen LogP contribution in [0.2, 0.25) is 0 Å². The molecule has 1 unspecified atom stereocenters. The lowest BCUT2D eigenvalue weighted by Gasteiger charge is -2.07. The second-order valence-electron chi connectivity index (χ2n) is 2.10. The molecule has 0 aliphatic rings. The molecule has 1 atom stereocenters. The molecule has 11 heavy (non-hydrogen) atoms. The van der Waals surface area contributed by atoms with E-state index in [-0.39, 0.29) is 0 Å². The highest BCUT2D eigenvalue weighted by atomic mass is 79.9. The average molecular weight is 252 g/mol. The van der Waals surface area contributed by atoms with E-state index in [1.165, 1.54) is 8.66 Å². The van der Waals surface area contributed by atoms with Gasteiger partial charge in [-0.25, -0.2) is 0 Å². The van der Waals surface area contributed by atoms with E-state index in [0.717, 1.165) is 0 Å². The van der Waals surface area contributed by atoms with Crippen molar-refractivity contribution in [3.8, 4) is 0 Å². The van der Waals surface area contributed by atoms with Crippen LogP contribution in [0.4, 0.5) is 0 Å². The number of hydrogen-bond donors (Lipinski definition) is 1. The molecule has 0 saturated carbocycles. The first kappa shape index (κ1) is 9.58. The molecule has 0 amide bonds. The van der Waals surface area contributed by atoms with Crippen molar-refractivity contribution in [1.29, 1.82) is 0 Å². The summed E-state index contributed by atoms with van der Waals surface area (Å²) in [7, 11) is 0. The Labute approximate surface area is 83.5 Å². The summed E-state index contributed by atoms with van der Waals surface area (Å²) in [5.74, 6) is 0. The number of nitrogens with two attached hydrogens (primary N) is 1. The van der Waals surface area contributed by atoms with Crippen molar-refractivity contribution >= 4 is 39.0 Å². The zero-order valence-corrected chi connectivity index (χ0v) is 9.43. The SMILES string of the molecule is CSC(CN)c1ccc(Br)s1. The topological polar surface area (TPSA) is 26.0 Å². The third kappa shape index (κ3) is 2.47. The van der Waals surface area contributed by atoms with Gasteiger partial charge in [0.05, 0.1) is 9.04 Å². The predicted octanol–water partition coefficient (Wildman–Crippen LogP) is 2.87. The van der Waals surface area contributed by atoms with Crippen molar-refractivity contribution in [2.75, 3.05) is 12.8 Å². The minimum absolute atomic E-state index is 0.464. The van der Waals surface area contributed by atoms with Crippen LogP contribution in [0.15, 0.2) is 15.9 Å². The average Bonchev–Trinajstić information content (AvgIpc) is 2.39. The van der Waals surface area contributed by atoms with Crippen LogP contribution in [0.5, 0.6) is 0 Å². The number of thiophene rings is 1. The molecule has 1 rings (SSSR count). The van der Waals surface area contributed by atoms with Crippen LogP contribution in [-0.4, -0.2) is 12.8 Å². The maximum absolute atomic E-state index is 5.60. The van der Waals surface area contributed by atoms with Crippen molar-refractivity contribution < 1.29 is 0 Å².